The van der Waals surface area contributed by atoms with Crippen molar-refractivity contribution in [2.24, 2.45) is 5.84 Å². The number of hydrogen-bond acceptors (Lipinski definition) is 2. The van der Waals surface area contributed by atoms with E-state index in [1.165, 1.54) is 30.3 Å². The van der Waals surface area contributed by atoms with Gasteiger partial charge >= 0.3 is 0 Å². The largest absolute Gasteiger partial charge is 0.271 e. The zero-order valence-corrected chi connectivity index (χ0v) is 11.8. The molecular formula is C14H12Cl2F2N2. The molecule has 20 heavy (non-hydrogen) atoms. The molecule has 0 saturated heterocycles. The van der Waals surface area contributed by atoms with Gasteiger partial charge in [-0.25, -0.2) is 8.78 Å². The summed E-state index contributed by atoms with van der Waals surface area (Å²) in [5, 5.41) is 0.448. The first-order valence-electron chi connectivity index (χ1n) is 5.86. The van der Waals surface area contributed by atoms with Gasteiger partial charge in [0.2, 0.25) is 0 Å². The van der Waals surface area contributed by atoms with Gasteiger partial charge in [-0.2, -0.15) is 0 Å². The lowest BCUT2D eigenvalue weighted by Gasteiger charge is -2.17. The maximum Gasteiger partial charge on any atom is 0.142 e. The molecule has 0 amide bonds. The number of hydrazine groups is 1. The third kappa shape index (κ3) is 3.46. The Bertz CT molecular complexity index is 620. The molecule has 0 saturated carbocycles. The molecule has 0 aromatic heterocycles. The molecule has 106 valence electrons. The minimum Gasteiger partial charge on any atom is -0.271 e. The molecule has 2 nitrogen and oxygen atoms in total. The molecular weight excluding hydrogens is 305 g/mol. The molecule has 0 aliphatic rings. The van der Waals surface area contributed by atoms with E-state index in [4.69, 9.17) is 29.0 Å². The van der Waals surface area contributed by atoms with Gasteiger partial charge in [0, 0.05) is 10.6 Å². The fourth-order valence-corrected chi connectivity index (χ4v) is 2.24. The Morgan fingerprint density at radius 3 is 2.45 bits per heavy atom. The second kappa shape index (κ2) is 6.50. The standard InChI is InChI=1S/C14H12Cl2F2N2/c15-9-2-4-12(17)10(7-9)14(20-19)6-8-1-3-11(16)13(18)5-8/h1-5,7,14,20H,6,19H2. The van der Waals surface area contributed by atoms with Crippen LogP contribution in [0, 0.1) is 11.6 Å². The van der Waals surface area contributed by atoms with E-state index in [0.717, 1.165) is 0 Å². The minimum absolute atomic E-state index is 0.0416. The summed E-state index contributed by atoms with van der Waals surface area (Å²) < 4.78 is 27.2. The number of hydrogen-bond donors (Lipinski definition) is 2. The molecule has 0 aliphatic heterocycles. The van der Waals surface area contributed by atoms with E-state index >= 15 is 0 Å². The highest BCUT2D eigenvalue weighted by molar-refractivity contribution is 6.31. The van der Waals surface area contributed by atoms with Gasteiger partial charge in [-0.1, -0.05) is 29.3 Å². The van der Waals surface area contributed by atoms with Gasteiger partial charge in [0.25, 0.3) is 0 Å². The second-order valence-corrected chi connectivity index (χ2v) is 5.18. The normalized spacial score (nSPS) is 12.4. The molecule has 0 bridgehead atoms. The van der Waals surface area contributed by atoms with E-state index < -0.39 is 17.7 Å². The molecule has 1 atom stereocenters. The Morgan fingerprint density at radius 1 is 1.05 bits per heavy atom. The van der Waals surface area contributed by atoms with Crippen molar-refractivity contribution in [2.75, 3.05) is 0 Å². The summed E-state index contributed by atoms with van der Waals surface area (Å²) in [6.45, 7) is 0. The van der Waals surface area contributed by atoms with E-state index in [9.17, 15) is 8.78 Å². The number of rotatable bonds is 4. The summed E-state index contributed by atoms with van der Waals surface area (Å²) in [7, 11) is 0. The van der Waals surface area contributed by atoms with Crippen molar-refractivity contribution in [3.8, 4) is 0 Å². The van der Waals surface area contributed by atoms with E-state index in [1.807, 2.05) is 0 Å². The van der Waals surface area contributed by atoms with Crippen LogP contribution >= 0.6 is 23.2 Å². The average Bonchev–Trinajstić information content (AvgIpc) is 2.43. The van der Waals surface area contributed by atoms with E-state index in [2.05, 4.69) is 5.43 Å². The maximum absolute atomic E-state index is 13.8. The van der Waals surface area contributed by atoms with Crippen LogP contribution in [0.1, 0.15) is 17.2 Å². The maximum atomic E-state index is 13.8. The number of nitrogens with one attached hydrogen (secondary N) is 1. The molecule has 0 radical (unpaired) electrons. The zero-order valence-electron chi connectivity index (χ0n) is 10.3. The molecule has 1 unspecified atom stereocenters. The Labute approximate surface area is 125 Å². The monoisotopic (exact) mass is 316 g/mol. The predicted octanol–water partition coefficient (Wildman–Crippen LogP) is 4.02. The van der Waals surface area contributed by atoms with Gasteiger partial charge < -0.3 is 0 Å². The van der Waals surface area contributed by atoms with Gasteiger partial charge in [-0.3, -0.25) is 11.3 Å². The summed E-state index contributed by atoms with van der Waals surface area (Å²) in [6, 6.07) is 8.12. The predicted molar refractivity (Wildman–Crippen MR) is 76.6 cm³/mol. The van der Waals surface area contributed by atoms with Gasteiger partial charge in [-0.15, -0.1) is 0 Å². The Hall–Kier alpha value is -1.20. The highest BCUT2D eigenvalue weighted by Crippen LogP contribution is 2.25. The molecule has 2 rings (SSSR count). The van der Waals surface area contributed by atoms with Gasteiger partial charge in [0.1, 0.15) is 11.6 Å². The summed E-state index contributed by atoms with van der Waals surface area (Å²) >= 11 is 11.5. The molecule has 0 fully saturated rings. The van der Waals surface area contributed by atoms with Crippen molar-refractivity contribution in [1.82, 2.24) is 5.43 Å². The number of nitrogens with two attached hydrogens (primary N) is 1. The van der Waals surface area contributed by atoms with Crippen molar-refractivity contribution < 1.29 is 8.78 Å². The molecule has 0 spiro atoms. The third-order valence-corrected chi connectivity index (χ3v) is 3.50. The summed E-state index contributed by atoms with van der Waals surface area (Å²) in [5.74, 6) is 4.51. The van der Waals surface area contributed by atoms with E-state index in [1.54, 1.807) is 6.07 Å². The number of benzene rings is 2. The summed E-state index contributed by atoms with van der Waals surface area (Å²) in [4.78, 5) is 0. The van der Waals surface area contributed by atoms with Crippen molar-refractivity contribution in [1.29, 1.82) is 0 Å². The molecule has 2 aromatic rings. The highest BCUT2D eigenvalue weighted by atomic mass is 35.5. The minimum atomic E-state index is -0.522. The van der Waals surface area contributed by atoms with Crippen LogP contribution in [0.5, 0.6) is 0 Å². The lowest BCUT2D eigenvalue weighted by molar-refractivity contribution is 0.509. The van der Waals surface area contributed by atoms with Crippen LogP contribution in [-0.4, -0.2) is 0 Å². The number of halogens is 4. The molecule has 0 heterocycles. The van der Waals surface area contributed by atoms with E-state index in [0.29, 0.717) is 22.6 Å². The first kappa shape index (κ1) is 15.2. The lowest BCUT2D eigenvalue weighted by atomic mass is 9.99. The molecule has 0 aliphatic carbocycles. The Kier molecular flexibility index (Phi) is 4.94. The zero-order chi connectivity index (χ0) is 14.7. The van der Waals surface area contributed by atoms with Gasteiger partial charge in [0.15, 0.2) is 0 Å². The smallest absolute Gasteiger partial charge is 0.142 e. The lowest BCUT2D eigenvalue weighted by Crippen LogP contribution is -2.30. The van der Waals surface area contributed by atoms with Crippen LogP contribution in [0.3, 0.4) is 0 Å². The fourth-order valence-electron chi connectivity index (χ4n) is 1.94. The highest BCUT2D eigenvalue weighted by Gasteiger charge is 2.16. The van der Waals surface area contributed by atoms with Crippen LogP contribution in [0.2, 0.25) is 10.0 Å². The van der Waals surface area contributed by atoms with Crippen LogP contribution in [0.15, 0.2) is 36.4 Å². The van der Waals surface area contributed by atoms with Crippen molar-refractivity contribution in [3.63, 3.8) is 0 Å². The van der Waals surface area contributed by atoms with Gasteiger partial charge in [-0.05, 0) is 42.3 Å². The average molecular weight is 317 g/mol. The van der Waals surface area contributed by atoms with Crippen LogP contribution in [0.4, 0.5) is 8.78 Å². The van der Waals surface area contributed by atoms with Crippen LogP contribution in [0.25, 0.3) is 0 Å². The summed E-state index contributed by atoms with van der Waals surface area (Å²) in [6.07, 6.45) is 0.307. The Balaban J connectivity index is 2.28. The van der Waals surface area contributed by atoms with Crippen LogP contribution < -0.4 is 11.3 Å². The quantitative estimate of drug-likeness (QED) is 0.660. The molecule has 2 aromatic carbocycles. The van der Waals surface area contributed by atoms with Crippen molar-refractivity contribution in [2.45, 2.75) is 12.5 Å². The second-order valence-electron chi connectivity index (χ2n) is 4.34. The summed E-state index contributed by atoms with van der Waals surface area (Å²) in [5.41, 5.74) is 3.49. The van der Waals surface area contributed by atoms with Crippen LogP contribution in [-0.2, 0) is 6.42 Å². The van der Waals surface area contributed by atoms with Crippen molar-refractivity contribution in [3.05, 3.63) is 69.2 Å². The van der Waals surface area contributed by atoms with Gasteiger partial charge in [0.05, 0.1) is 11.1 Å². The first-order chi connectivity index (χ1) is 9.51. The fraction of sp³-hybridized carbons (Fsp3) is 0.143. The third-order valence-electron chi connectivity index (χ3n) is 2.96. The Morgan fingerprint density at radius 2 is 1.80 bits per heavy atom. The van der Waals surface area contributed by atoms with E-state index in [-0.39, 0.29) is 5.02 Å². The SMILES string of the molecule is NNC(Cc1ccc(Cl)c(F)c1)c1cc(Cl)ccc1F. The molecule has 3 N–H and O–H groups in total. The van der Waals surface area contributed by atoms with Crippen molar-refractivity contribution >= 4 is 23.2 Å². The topological polar surface area (TPSA) is 38.0 Å². The molecule has 6 heteroatoms. The first-order valence-corrected chi connectivity index (χ1v) is 6.62.